The van der Waals surface area contributed by atoms with Gasteiger partial charge in [0.05, 0.1) is 11.7 Å². The number of methoxy groups -OCH3 is 1. The van der Waals surface area contributed by atoms with Crippen molar-refractivity contribution in [2.75, 3.05) is 45.7 Å². The van der Waals surface area contributed by atoms with Crippen molar-refractivity contribution in [3.8, 4) is 5.75 Å². The molecule has 9 nitrogen and oxygen atoms in total. The van der Waals surface area contributed by atoms with E-state index in [-0.39, 0.29) is 30.0 Å². The molecule has 9 heteroatoms. The number of ether oxygens (including phenoxy) is 2. The number of hydrogen-bond acceptors (Lipinski definition) is 6. The molecule has 1 aromatic carbocycles. The van der Waals surface area contributed by atoms with Crippen LogP contribution >= 0.6 is 0 Å². The molecule has 36 heavy (non-hydrogen) atoms. The normalized spacial score (nSPS) is 21.5. The summed E-state index contributed by atoms with van der Waals surface area (Å²) in [5, 5.41) is 5.62. The minimum atomic E-state index is -0.290. The maximum Gasteiger partial charge on any atom is 0.319 e. The number of likely N-dealkylation sites (N-methyl/N-ethyl adjacent to an activating group) is 1. The third-order valence-electron chi connectivity index (χ3n) is 6.50. The van der Waals surface area contributed by atoms with Gasteiger partial charge in [-0.15, -0.1) is 0 Å². The number of anilines is 1. The molecular weight excluding hydrogens is 458 g/mol. The van der Waals surface area contributed by atoms with Gasteiger partial charge >= 0.3 is 6.03 Å². The van der Waals surface area contributed by atoms with Crippen molar-refractivity contribution in [2.45, 2.75) is 45.9 Å². The van der Waals surface area contributed by atoms with E-state index in [1.165, 1.54) is 5.56 Å². The first-order chi connectivity index (χ1) is 17.3. The van der Waals surface area contributed by atoms with Crippen molar-refractivity contribution < 1.29 is 19.1 Å². The smallest absolute Gasteiger partial charge is 0.319 e. The van der Waals surface area contributed by atoms with Gasteiger partial charge in [-0.1, -0.05) is 13.8 Å². The predicted molar refractivity (Wildman–Crippen MR) is 140 cm³/mol. The van der Waals surface area contributed by atoms with Crippen LogP contribution in [-0.2, 0) is 11.3 Å². The average Bonchev–Trinajstić information content (AvgIpc) is 2.88. The molecule has 0 spiro atoms. The number of nitrogens with one attached hydrogen (secondary N) is 2. The summed E-state index contributed by atoms with van der Waals surface area (Å²) in [4.78, 5) is 33.7. The Kier molecular flexibility index (Phi) is 10.1. The molecule has 0 aliphatic carbocycles. The second-order valence-corrected chi connectivity index (χ2v) is 9.47. The zero-order chi connectivity index (χ0) is 26.1. The van der Waals surface area contributed by atoms with Gasteiger partial charge in [-0.05, 0) is 49.1 Å². The Bertz CT molecular complexity index is 1000. The number of pyridine rings is 1. The molecular formula is C27H39N5O4. The fourth-order valence-electron chi connectivity index (χ4n) is 4.28. The largest absolute Gasteiger partial charge is 0.491 e. The minimum absolute atomic E-state index is 0.0581. The van der Waals surface area contributed by atoms with Gasteiger partial charge in [-0.2, -0.15) is 0 Å². The van der Waals surface area contributed by atoms with Crippen molar-refractivity contribution in [1.82, 2.24) is 20.1 Å². The molecule has 1 aliphatic heterocycles. The van der Waals surface area contributed by atoms with Gasteiger partial charge in [0.2, 0.25) is 0 Å². The number of urea groups is 1. The van der Waals surface area contributed by atoms with Crippen molar-refractivity contribution in [3.63, 3.8) is 0 Å². The van der Waals surface area contributed by atoms with E-state index in [1.54, 1.807) is 49.7 Å². The zero-order valence-electron chi connectivity index (χ0n) is 22.0. The van der Waals surface area contributed by atoms with E-state index >= 15 is 0 Å². The Hall–Kier alpha value is -3.17. The van der Waals surface area contributed by atoms with Crippen LogP contribution in [0.5, 0.6) is 5.75 Å². The highest BCUT2D eigenvalue weighted by atomic mass is 16.5. The predicted octanol–water partition coefficient (Wildman–Crippen LogP) is 3.62. The SMILES string of the molecule is CCCNC(=O)Nc1ccc2c(c1)OC[C@@H](C)N(Cc1ccncc1)C[C@H](C)[C@H](OC)CN(C)C2=O. The molecule has 196 valence electrons. The number of benzene rings is 1. The number of carbonyl (C=O) groups excluding carboxylic acids is 2. The second kappa shape index (κ2) is 13.2. The molecule has 0 bridgehead atoms. The summed E-state index contributed by atoms with van der Waals surface area (Å²) >= 11 is 0. The fourth-order valence-corrected chi connectivity index (χ4v) is 4.28. The maximum atomic E-state index is 13.4. The topological polar surface area (TPSA) is 96.0 Å². The Morgan fingerprint density at radius 1 is 1.19 bits per heavy atom. The van der Waals surface area contributed by atoms with Crippen LogP contribution in [-0.4, -0.2) is 79.3 Å². The van der Waals surface area contributed by atoms with Crippen molar-refractivity contribution in [2.24, 2.45) is 5.92 Å². The number of nitrogens with zero attached hydrogens (tertiary/aromatic N) is 3. The molecule has 2 N–H and O–H groups in total. The van der Waals surface area contributed by atoms with E-state index in [4.69, 9.17) is 9.47 Å². The van der Waals surface area contributed by atoms with Gasteiger partial charge in [0, 0.05) is 70.5 Å². The van der Waals surface area contributed by atoms with Crippen molar-refractivity contribution in [1.29, 1.82) is 0 Å². The van der Waals surface area contributed by atoms with Crippen LogP contribution in [0.3, 0.4) is 0 Å². The second-order valence-electron chi connectivity index (χ2n) is 9.47. The van der Waals surface area contributed by atoms with Gasteiger partial charge < -0.3 is 25.0 Å². The monoisotopic (exact) mass is 497 g/mol. The summed E-state index contributed by atoms with van der Waals surface area (Å²) in [5.74, 6) is 0.475. The molecule has 2 heterocycles. The lowest BCUT2D eigenvalue weighted by Gasteiger charge is -2.36. The van der Waals surface area contributed by atoms with E-state index in [1.807, 2.05) is 19.1 Å². The van der Waals surface area contributed by atoms with Crippen LogP contribution in [0.1, 0.15) is 43.1 Å². The highest BCUT2D eigenvalue weighted by Crippen LogP contribution is 2.27. The zero-order valence-corrected chi connectivity index (χ0v) is 22.0. The average molecular weight is 498 g/mol. The maximum absolute atomic E-state index is 13.4. The van der Waals surface area contributed by atoms with E-state index in [0.29, 0.717) is 36.7 Å². The summed E-state index contributed by atoms with van der Waals surface area (Å²) in [6.45, 7) is 9.20. The van der Waals surface area contributed by atoms with Crippen molar-refractivity contribution >= 4 is 17.6 Å². The minimum Gasteiger partial charge on any atom is -0.491 e. The lowest BCUT2D eigenvalue weighted by molar-refractivity contribution is 0.00921. The Labute approximate surface area is 214 Å². The fraction of sp³-hybridized carbons (Fsp3) is 0.519. The first-order valence-electron chi connectivity index (χ1n) is 12.5. The van der Waals surface area contributed by atoms with Crippen LogP contribution in [0.4, 0.5) is 10.5 Å². The highest BCUT2D eigenvalue weighted by Gasteiger charge is 2.28. The third-order valence-corrected chi connectivity index (χ3v) is 6.50. The van der Waals surface area contributed by atoms with Gasteiger partial charge in [0.1, 0.15) is 12.4 Å². The molecule has 3 rings (SSSR count). The van der Waals surface area contributed by atoms with Crippen LogP contribution in [0.15, 0.2) is 42.7 Å². The molecule has 3 amide bonds. The molecule has 0 unspecified atom stereocenters. The molecule has 1 aliphatic rings. The van der Waals surface area contributed by atoms with Crippen LogP contribution < -0.4 is 15.4 Å². The molecule has 2 aromatic rings. The van der Waals surface area contributed by atoms with Crippen molar-refractivity contribution in [3.05, 3.63) is 53.9 Å². The summed E-state index contributed by atoms with van der Waals surface area (Å²) < 4.78 is 12.1. The molecule has 3 atom stereocenters. The summed E-state index contributed by atoms with van der Waals surface area (Å²) in [5.41, 5.74) is 2.19. The number of rotatable bonds is 6. The number of carbonyl (C=O) groups is 2. The van der Waals surface area contributed by atoms with Gasteiger partial charge in [-0.3, -0.25) is 14.7 Å². The summed E-state index contributed by atoms with van der Waals surface area (Å²) in [6.07, 6.45) is 4.32. The Morgan fingerprint density at radius 3 is 2.64 bits per heavy atom. The lowest BCUT2D eigenvalue weighted by Crippen LogP contribution is -2.46. The van der Waals surface area contributed by atoms with Crippen LogP contribution in [0.2, 0.25) is 0 Å². The summed E-state index contributed by atoms with van der Waals surface area (Å²) in [6, 6.07) is 8.96. The summed E-state index contributed by atoms with van der Waals surface area (Å²) in [7, 11) is 3.47. The molecule has 0 fully saturated rings. The van der Waals surface area contributed by atoms with E-state index in [2.05, 4.69) is 34.4 Å². The third kappa shape index (κ3) is 7.41. The quantitative estimate of drug-likeness (QED) is 0.633. The highest BCUT2D eigenvalue weighted by molar-refractivity contribution is 5.98. The Morgan fingerprint density at radius 2 is 1.94 bits per heavy atom. The van der Waals surface area contributed by atoms with Crippen LogP contribution in [0, 0.1) is 5.92 Å². The first-order valence-corrected chi connectivity index (χ1v) is 12.5. The molecule has 1 aromatic heterocycles. The number of amides is 3. The first kappa shape index (κ1) is 27.4. The number of hydrogen-bond donors (Lipinski definition) is 2. The Balaban J connectivity index is 1.90. The standard InChI is InChI=1S/C27H39N5O4/c1-6-11-29-27(34)30-22-7-8-23-24(14-22)36-18-20(3)32(16-21-9-12-28-13-10-21)15-19(2)25(35-5)17-31(4)26(23)33/h7-10,12-14,19-20,25H,6,11,15-18H2,1-5H3,(H2,29,30,34)/t19-,20+,25+/m0/s1. The van der Waals surface area contributed by atoms with E-state index in [9.17, 15) is 9.59 Å². The van der Waals surface area contributed by atoms with Gasteiger partial charge in [0.15, 0.2) is 0 Å². The molecule has 0 saturated carbocycles. The van der Waals surface area contributed by atoms with E-state index in [0.717, 1.165) is 19.5 Å². The molecule has 0 radical (unpaired) electrons. The molecule has 0 saturated heterocycles. The van der Waals surface area contributed by atoms with Crippen LogP contribution in [0.25, 0.3) is 0 Å². The number of fused-ring (bicyclic) bond motifs is 1. The van der Waals surface area contributed by atoms with E-state index < -0.39 is 0 Å². The van der Waals surface area contributed by atoms with Gasteiger partial charge in [0.25, 0.3) is 5.91 Å². The lowest BCUT2D eigenvalue weighted by atomic mass is 10.0. The van der Waals surface area contributed by atoms with Gasteiger partial charge in [-0.25, -0.2) is 4.79 Å². The number of aromatic nitrogens is 1.